The van der Waals surface area contributed by atoms with Crippen LogP contribution in [0.3, 0.4) is 0 Å². The number of hydrogen-bond acceptors (Lipinski definition) is 4. The average Bonchev–Trinajstić information content (AvgIpc) is 2.90. The van der Waals surface area contributed by atoms with Crippen LogP contribution in [-0.4, -0.2) is 72.4 Å². The summed E-state index contributed by atoms with van der Waals surface area (Å²) in [5, 5.41) is 10.8. The second kappa shape index (κ2) is 6.36. The number of aliphatic hydroxyl groups is 1. The Kier molecular flexibility index (Phi) is 4.47. The molecular weight excluding hydrogens is 280 g/mol. The molecule has 0 saturated carbocycles. The maximum absolute atomic E-state index is 12.6. The predicted octanol–water partition coefficient (Wildman–Crippen LogP) is 0.904. The number of likely N-dealkylation sites (tertiary alicyclic amines) is 1. The van der Waals surface area contributed by atoms with Crippen LogP contribution in [-0.2, 0) is 4.74 Å². The summed E-state index contributed by atoms with van der Waals surface area (Å²) in [5.74, 6) is 0.0241. The summed E-state index contributed by atoms with van der Waals surface area (Å²) >= 11 is 0. The van der Waals surface area contributed by atoms with Crippen LogP contribution in [0.15, 0.2) is 24.3 Å². The van der Waals surface area contributed by atoms with Gasteiger partial charge in [-0.05, 0) is 25.0 Å². The summed E-state index contributed by atoms with van der Waals surface area (Å²) in [5.41, 5.74) is 0.921. The topological polar surface area (TPSA) is 53.0 Å². The average molecular weight is 304 g/mol. The molecule has 3 rings (SSSR count). The van der Waals surface area contributed by atoms with E-state index in [2.05, 4.69) is 4.90 Å². The zero-order valence-corrected chi connectivity index (χ0v) is 13.1. The van der Waals surface area contributed by atoms with Crippen molar-refractivity contribution < 1.29 is 14.6 Å². The Balaban J connectivity index is 1.63. The zero-order valence-electron chi connectivity index (χ0n) is 13.1. The van der Waals surface area contributed by atoms with Crippen LogP contribution >= 0.6 is 0 Å². The highest BCUT2D eigenvalue weighted by molar-refractivity contribution is 5.95. The van der Waals surface area contributed by atoms with Crippen LogP contribution in [0.4, 0.5) is 0 Å². The molecule has 2 aliphatic rings. The number of hydrogen-bond donors (Lipinski definition) is 1. The number of benzene rings is 1. The smallest absolute Gasteiger partial charge is 0.254 e. The van der Waals surface area contributed by atoms with Gasteiger partial charge in [0.25, 0.3) is 5.91 Å². The van der Waals surface area contributed by atoms with Gasteiger partial charge in [0.05, 0.1) is 25.4 Å². The number of amides is 1. The van der Waals surface area contributed by atoms with Gasteiger partial charge < -0.3 is 14.7 Å². The third-order valence-electron chi connectivity index (χ3n) is 4.62. The molecule has 5 heteroatoms. The Labute approximate surface area is 131 Å². The van der Waals surface area contributed by atoms with Crippen LogP contribution in [0, 0.1) is 6.92 Å². The van der Waals surface area contributed by atoms with E-state index in [0.717, 1.165) is 37.4 Å². The molecule has 2 aliphatic heterocycles. The van der Waals surface area contributed by atoms with Crippen LogP contribution in [0.5, 0.6) is 0 Å². The molecule has 0 bridgehead atoms. The van der Waals surface area contributed by atoms with E-state index in [1.807, 2.05) is 31.2 Å². The van der Waals surface area contributed by atoms with Crippen LogP contribution in [0.2, 0.25) is 0 Å². The number of aryl methyl sites for hydroxylation is 1. The first-order valence-corrected chi connectivity index (χ1v) is 7.95. The number of carbonyl (C=O) groups excluding carboxylic acids is 1. The molecule has 1 atom stereocenters. The largest absolute Gasteiger partial charge is 0.387 e. The SMILES string of the molecule is Cc1ccccc1C(=O)N1CC[C@](O)(CN2CCOCC2)C1. The standard InChI is InChI=1S/C17H24N2O3/c1-14-4-2-3-5-15(14)16(20)19-7-6-17(21,13-19)12-18-8-10-22-11-9-18/h2-5,21H,6-13H2,1H3/t17-/m0/s1. The lowest BCUT2D eigenvalue weighted by molar-refractivity contribution is -0.0257. The molecule has 0 radical (unpaired) electrons. The Morgan fingerprint density at radius 3 is 2.73 bits per heavy atom. The third kappa shape index (κ3) is 3.32. The van der Waals surface area contributed by atoms with E-state index in [0.29, 0.717) is 26.1 Å². The molecule has 1 N–H and O–H groups in total. The fourth-order valence-corrected chi connectivity index (χ4v) is 3.32. The molecule has 120 valence electrons. The lowest BCUT2D eigenvalue weighted by Crippen LogP contribution is -2.49. The van der Waals surface area contributed by atoms with Crippen molar-refractivity contribution in [1.29, 1.82) is 0 Å². The number of ether oxygens (including phenoxy) is 1. The first-order valence-electron chi connectivity index (χ1n) is 7.95. The van der Waals surface area contributed by atoms with Gasteiger partial charge in [-0.15, -0.1) is 0 Å². The van der Waals surface area contributed by atoms with Crippen molar-refractivity contribution in [2.45, 2.75) is 18.9 Å². The lowest BCUT2D eigenvalue weighted by Gasteiger charge is -2.33. The van der Waals surface area contributed by atoms with E-state index < -0.39 is 5.60 Å². The summed E-state index contributed by atoms with van der Waals surface area (Å²) < 4.78 is 5.34. The van der Waals surface area contributed by atoms with Gasteiger partial charge >= 0.3 is 0 Å². The Morgan fingerprint density at radius 2 is 2.00 bits per heavy atom. The predicted molar refractivity (Wildman–Crippen MR) is 83.9 cm³/mol. The van der Waals surface area contributed by atoms with E-state index in [1.54, 1.807) is 4.90 Å². The second-order valence-electron chi connectivity index (χ2n) is 6.40. The maximum Gasteiger partial charge on any atom is 0.254 e. The fraction of sp³-hybridized carbons (Fsp3) is 0.588. The van der Waals surface area contributed by atoms with E-state index in [9.17, 15) is 9.90 Å². The third-order valence-corrected chi connectivity index (χ3v) is 4.62. The van der Waals surface area contributed by atoms with Gasteiger partial charge in [-0.25, -0.2) is 0 Å². The molecule has 2 fully saturated rings. The van der Waals surface area contributed by atoms with Crippen LogP contribution in [0.1, 0.15) is 22.3 Å². The van der Waals surface area contributed by atoms with Gasteiger partial charge in [-0.1, -0.05) is 18.2 Å². The maximum atomic E-state index is 12.6. The Bertz CT molecular complexity index is 542. The van der Waals surface area contributed by atoms with Crippen LogP contribution in [0.25, 0.3) is 0 Å². The van der Waals surface area contributed by atoms with Gasteiger partial charge in [-0.3, -0.25) is 9.69 Å². The molecule has 2 saturated heterocycles. The number of β-amino-alcohol motifs (C(OH)–C–C–N with tert-alkyl or cyclic N) is 1. The highest BCUT2D eigenvalue weighted by Crippen LogP contribution is 2.25. The normalized spacial score (nSPS) is 26.4. The van der Waals surface area contributed by atoms with Gasteiger partial charge in [0, 0.05) is 31.7 Å². The number of rotatable bonds is 3. The molecule has 0 aromatic heterocycles. The van der Waals surface area contributed by atoms with E-state index >= 15 is 0 Å². The highest BCUT2D eigenvalue weighted by atomic mass is 16.5. The van der Waals surface area contributed by atoms with Gasteiger partial charge in [0.1, 0.15) is 0 Å². The van der Waals surface area contributed by atoms with Crippen LogP contribution < -0.4 is 0 Å². The minimum absolute atomic E-state index is 0.0241. The van der Waals surface area contributed by atoms with E-state index in [-0.39, 0.29) is 5.91 Å². The summed E-state index contributed by atoms with van der Waals surface area (Å²) in [6, 6.07) is 7.63. The highest BCUT2D eigenvalue weighted by Gasteiger charge is 2.40. The van der Waals surface area contributed by atoms with Crippen molar-refractivity contribution in [3.8, 4) is 0 Å². The zero-order chi connectivity index (χ0) is 15.6. The number of morpholine rings is 1. The van der Waals surface area contributed by atoms with E-state index in [1.165, 1.54) is 0 Å². The summed E-state index contributed by atoms with van der Waals surface area (Å²) in [4.78, 5) is 16.6. The van der Waals surface area contributed by atoms with Crippen molar-refractivity contribution in [2.24, 2.45) is 0 Å². The molecule has 1 aromatic carbocycles. The monoisotopic (exact) mass is 304 g/mol. The molecular formula is C17H24N2O3. The second-order valence-corrected chi connectivity index (χ2v) is 6.40. The van der Waals surface area contributed by atoms with Gasteiger partial charge in [-0.2, -0.15) is 0 Å². The fourth-order valence-electron chi connectivity index (χ4n) is 3.32. The molecule has 0 aliphatic carbocycles. The molecule has 1 amide bonds. The quantitative estimate of drug-likeness (QED) is 0.902. The Morgan fingerprint density at radius 1 is 1.27 bits per heavy atom. The minimum Gasteiger partial charge on any atom is -0.387 e. The van der Waals surface area contributed by atoms with Crippen molar-refractivity contribution >= 4 is 5.91 Å². The molecule has 2 heterocycles. The summed E-state index contributed by atoms with van der Waals surface area (Å²) in [6.45, 7) is 6.76. The minimum atomic E-state index is -0.796. The van der Waals surface area contributed by atoms with Crippen molar-refractivity contribution in [3.05, 3.63) is 35.4 Å². The number of nitrogens with zero attached hydrogens (tertiary/aromatic N) is 2. The molecule has 22 heavy (non-hydrogen) atoms. The molecule has 1 aromatic rings. The lowest BCUT2D eigenvalue weighted by atomic mass is 10.0. The number of carbonyl (C=O) groups is 1. The van der Waals surface area contributed by atoms with Crippen molar-refractivity contribution in [3.63, 3.8) is 0 Å². The van der Waals surface area contributed by atoms with Gasteiger partial charge in [0.2, 0.25) is 0 Å². The first-order chi connectivity index (χ1) is 10.6. The van der Waals surface area contributed by atoms with Crippen molar-refractivity contribution in [1.82, 2.24) is 9.80 Å². The van der Waals surface area contributed by atoms with Gasteiger partial charge in [0.15, 0.2) is 0 Å². The molecule has 5 nitrogen and oxygen atoms in total. The molecule has 0 spiro atoms. The first kappa shape index (κ1) is 15.5. The summed E-state index contributed by atoms with van der Waals surface area (Å²) in [6.07, 6.45) is 0.641. The molecule has 0 unspecified atom stereocenters. The Hall–Kier alpha value is -1.43. The van der Waals surface area contributed by atoms with E-state index in [4.69, 9.17) is 4.74 Å². The summed E-state index contributed by atoms with van der Waals surface area (Å²) in [7, 11) is 0. The van der Waals surface area contributed by atoms with Crippen molar-refractivity contribution in [2.75, 3.05) is 45.9 Å².